The molecule has 136 valence electrons. The Bertz CT molecular complexity index is 768. The van der Waals surface area contributed by atoms with Gasteiger partial charge in [-0.2, -0.15) is 0 Å². The van der Waals surface area contributed by atoms with Crippen molar-refractivity contribution in [3.05, 3.63) is 57.8 Å². The molecule has 1 aromatic heterocycles. The second-order valence-electron chi connectivity index (χ2n) is 6.52. The largest absolute Gasteiger partial charge is 0.384 e. The number of thiophene rings is 1. The van der Waals surface area contributed by atoms with E-state index in [9.17, 15) is 4.79 Å². The zero-order chi connectivity index (χ0) is 18.2. The highest BCUT2D eigenvalue weighted by Crippen LogP contribution is 2.22. The van der Waals surface area contributed by atoms with Gasteiger partial charge in [-0.15, -0.1) is 11.3 Å². The van der Waals surface area contributed by atoms with Crippen LogP contribution in [0.2, 0.25) is 0 Å². The van der Waals surface area contributed by atoms with Crippen LogP contribution in [0.5, 0.6) is 0 Å². The third kappa shape index (κ3) is 5.43. The Balaban J connectivity index is 1.42. The molecule has 0 atom stereocenters. The first kappa shape index (κ1) is 18.7. The third-order valence-electron chi connectivity index (χ3n) is 4.61. The van der Waals surface area contributed by atoms with Crippen LogP contribution in [0.1, 0.15) is 28.8 Å². The SMILES string of the molecule is O=C(NCc1ccccc1)C1CCN(Cc2cc(C#CCO)cs2)CC1. The van der Waals surface area contributed by atoms with Crippen LogP contribution in [-0.4, -0.2) is 35.6 Å². The summed E-state index contributed by atoms with van der Waals surface area (Å²) in [4.78, 5) is 16.1. The first-order valence-electron chi connectivity index (χ1n) is 8.95. The topological polar surface area (TPSA) is 52.6 Å². The molecule has 0 spiro atoms. The van der Waals surface area contributed by atoms with Crippen LogP contribution in [0.15, 0.2) is 41.8 Å². The van der Waals surface area contributed by atoms with Crippen LogP contribution in [0.25, 0.3) is 0 Å². The lowest BCUT2D eigenvalue weighted by atomic mass is 9.95. The van der Waals surface area contributed by atoms with Crippen molar-refractivity contribution in [1.82, 2.24) is 10.2 Å². The molecule has 4 nitrogen and oxygen atoms in total. The summed E-state index contributed by atoms with van der Waals surface area (Å²) in [7, 11) is 0. The molecule has 0 aliphatic carbocycles. The molecule has 0 unspecified atom stereocenters. The van der Waals surface area contributed by atoms with Gasteiger partial charge in [-0.1, -0.05) is 42.2 Å². The molecule has 2 aromatic rings. The molecular weight excluding hydrogens is 344 g/mol. The number of nitrogens with zero attached hydrogens (tertiary/aromatic N) is 1. The number of piperidine rings is 1. The fourth-order valence-corrected chi connectivity index (χ4v) is 4.03. The highest BCUT2D eigenvalue weighted by atomic mass is 32.1. The number of hydrogen-bond donors (Lipinski definition) is 2. The molecule has 0 bridgehead atoms. The second kappa shape index (κ2) is 9.54. The summed E-state index contributed by atoms with van der Waals surface area (Å²) in [5.74, 6) is 5.91. The van der Waals surface area contributed by atoms with Crippen LogP contribution in [-0.2, 0) is 17.9 Å². The lowest BCUT2D eigenvalue weighted by Gasteiger charge is -2.30. The molecule has 1 aliphatic rings. The van der Waals surface area contributed by atoms with E-state index in [4.69, 9.17) is 5.11 Å². The van der Waals surface area contributed by atoms with E-state index in [1.54, 1.807) is 11.3 Å². The van der Waals surface area contributed by atoms with Crippen molar-refractivity contribution < 1.29 is 9.90 Å². The average Bonchev–Trinajstić information content (AvgIpc) is 3.13. The number of hydrogen-bond acceptors (Lipinski definition) is 4. The maximum Gasteiger partial charge on any atom is 0.223 e. The van der Waals surface area contributed by atoms with Crippen molar-refractivity contribution in [2.75, 3.05) is 19.7 Å². The van der Waals surface area contributed by atoms with Crippen LogP contribution in [0.3, 0.4) is 0 Å². The van der Waals surface area contributed by atoms with Crippen molar-refractivity contribution in [1.29, 1.82) is 0 Å². The van der Waals surface area contributed by atoms with Crippen LogP contribution in [0.4, 0.5) is 0 Å². The first-order valence-corrected chi connectivity index (χ1v) is 9.83. The number of nitrogens with one attached hydrogen (secondary N) is 1. The molecule has 2 N–H and O–H groups in total. The minimum Gasteiger partial charge on any atom is -0.384 e. The predicted molar refractivity (Wildman–Crippen MR) is 105 cm³/mol. The van der Waals surface area contributed by atoms with E-state index < -0.39 is 0 Å². The van der Waals surface area contributed by atoms with Gasteiger partial charge in [0.15, 0.2) is 0 Å². The van der Waals surface area contributed by atoms with Gasteiger partial charge in [0.25, 0.3) is 0 Å². The van der Waals surface area contributed by atoms with Crippen LogP contribution >= 0.6 is 11.3 Å². The van der Waals surface area contributed by atoms with Gasteiger partial charge in [-0.3, -0.25) is 9.69 Å². The molecule has 2 heterocycles. The number of benzene rings is 1. The fraction of sp³-hybridized carbons (Fsp3) is 0.381. The van der Waals surface area contributed by atoms with Crippen LogP contribution < -0.4 is 5.32 Å². The van der Waals surface area contributed by atoms with Crippen molar-refractivity contribution in [2.24, 2.45) is 5.92 Å². The molecule has 1 fully saturated rings. The highest BCUT2D eigenvalue weighted by Gasteiger charge is 2.24. The van der Waals surface area contributed by atoms with Gasteiger partial charge in [-0.25, -0.2) is 0 Å². The highest BCUT2D eigenvalue weighted by molar-refractivity contribution is 7.10. The van der Waals surface area contributed by atoms with E-state index in [-0.39, 0.29) is 18.4 Å². The normalized spacial score (nSPS) is 15.3. The molecule has 26 heavy (non-hydrogen) atoms. The molecule has 0 saturated carbocycles. The third-order valence-corrected chi connectivity index (χ3v) is 5.53. The van der Waals surface area contributed by atoms with Crippen LogP contribution in [0, 0.1) is 17.8 Å². The molecule has 0 radical (unpaired) electrons. The van der Waals surface area contributed by atoms with Gasteiger partial charge >= 0.3 is 0 Å². The van der Waals surface area contributed by atoms with E-state index in [0.717, 1.165) is 43.6 Å². The zero-order valence-electron chi connectivity index (χ0n) is 14.8. The first-order chi connectivity index (χ1) is 12.7. The summed E-state index contributed by atoms with van der Waals surface area (Å²) < 4.78 is 0. The molecular formula is C21H24N2O2S. The average molecular weight is 369 g/mol. The minimum absolute atomic E-state index is 0.106. The number of amides is 1. The number of likely N-dealkylation sites (tertiary alicyclic amines) is 1. The van der Waals surface area contributed by atoms with Crippen molar-refractivity contribution in [3.63, 3.8) is 0 Å². The lowest BCUT2D eigenvalue weighted by molar-refractivity contribution is -0.126. The summed E-state index contributed by atoms with van der Waals surface area (Å²) in [5.41, 5.74) is 2.10. The Morgan fingerprint density at radius 3 is 2.77 bits per heavy atom. The predicted octanol–water partition coefficient (Wildman–Crippen LogP) is 2.62. The molecule has 1 amide bonds. The lowest BCUT2D eigenvalue weighted by Crippen LogP contribution is -2.39. The maximum atomic E-state index is 12.4. The van der Waals surface area contributed by atoms with Crippen molar-refractivity contribution in [3.8, 4) is 11.8 Å². The molecule has 1 aromatic carbocycles. The van der Waals surface area contributed by atoms with Crippen molar-refractivity contribution in [2.45, 2.75) is 25.9 Å². The standard InChI is InChI=1S/C21H24N2O2S/c24-12-4-7-18-13-20(26-16-18)15-23-10-8-19(9-11-23)21(25)22-14-17-5-2-1-3-6-17/h1-3,5-6,13,16,19,24H,8-12,14-15H2,(H,22,25). The van der Waals surface area contributed by atoms with Gasteiger partial charge in [0.1, 0.15) is 6.61 Å². The summed E-state index contributed by atoms with van der Waals surface area (Å²) in [6.07, 6.45) is 1.81. The monoisotopic (exact) mass is 368 g/mol. The number of rotatable bonds is 5. The van der Waals surface area contributed by atoms with E-state index in [1.807, 2.05) is 35.7 Å². The van der Waals surface area contributed by atoms with Gasteiger partial charge in [0.2, 0.25) is 5.91 Å². The Morgan fingerprint density at radius 2 is 2.04 bits per heavy atom. The number of aliphatic hydroxyl groups is 1. The second-order valence-corrected chi connectivity index (χ2v) is 7.51. The Kier molecular flexibility index (Phi) is 6.84. The number of aliphatic hydroxyl groups excluding tert-OH is 1. The van der Waals surface area contributed by atoms with E-state index in [0.29, 0.717) is 6.54 Å². The summed E-state index contributed by atoms with van der Waals surface area (Å²) in [6.45, 7) is 3.29. The van der Waals surface area contributed by atoms with Crippen molar-refractivity contribution >= 4 is 17.2 Å². The molecule has 3 rings (SSSR count). The Morgan fingerprint density at radius 1 is 1.27 bits per heavy atom. The van der Waals surface area contributed by atoms with E-state index >= 15 is 0 Å². The molecule has 5 heteroatoms. The number of carbonyl (C=O) groups is 1. The van der Waals surface area contributed by atoms with Gasteiger partial charge in [-0.05, 0) is 37.6 Å². The maximum absolute atomic E-state index is 12.4. The van der Waals surface area contributed by atoms with E-state index in [2.05, 4.69) is 28.1 Å². The summed E-state index contributed by atoms with van der Waals surface area (Å²) in [5, 5.41) is 13.9. The summed E-state index contributed by atoms with van der Waals surface area (Å²) >= 11 is 1.70. The van der Waals surface area contributed by atoms with Gasteiger partial charge < -0.3 is 10.4 Å². The van der Waals surface area contributed by atoms with Gasteiger partial charge in [0.05, 0.1) is 0 Å². The Hall–Kier alpha value is -2.13. The summed E-state index contributed by atoms with van der Waals surface area (Å²) in [6, 6.07) is 12.1. The number of carbonyl (C=O) groups excluding carboxylic acids is 1. The molecule has 1 aliphatic heterocycles. The minimum atomic E-state index is -0.106. The Labute approximate surface area is 158 Å². The smallest absolute Gasteiger partial charge is 0.223 e. The van der Waals surface area contributed by atoms with Gasteiger partial charge in [0, 0.05) is 34.8 Å². The quantitative estimate of drug-likeness (QED) is 0.798. The molecule has 1 saturated heterocycles. The fourth-order valence-electron chi connectivity index (χ4n) is 3.17. The zero-order valence-corrected chi connectivity index (χ0v) is 15.6. The van der Waals surface area contributed by atoms with E-state index in [1.165, 1.54) is 4.88 Å².